The van der Waals surface area contributed by atoms with Crippen molar-refractivity contribution in [2.45, 2.75) is 6.92 Å². The highest BCUT2D eigenvalue weighted by Crippen LogP contribution is 2.29. The van der Waals surface area contributed by atoms with E-state index in [4.69, 9.17) is 9.47 Å². The van der Waals surface area contributed by atoms with Crippen molar-refractivity contribution in [3.05, 3.63) is 53.1 Å². The van der Waals surface area contributed by atoms with Crippen LogP contribution in [0.5, 0.6) is 11.5 Å². The fraction of sp³-hybridized carbons (Fsp3) is 0.222. The highest BCUT2D eigenvalue weighted by atomic mass is 16.5. The van der Waals surface area contributed by atoms with E-state index in [9.17, 15) is 9.59 Å². The van der Waals surface area contributed by atoms with Gasteiger partial charge in [0.25, 0.3) is 11.8 Å². The highest BCUT2D eigenvalue weighted by Gasteiger charge is 2.14. The van der Waals surface area contributed by atoms with Crippen LogP contribution in [-0.2, 0) is 0 Å². The molecular weight excluding hydrogens is 308 g/mol. The summed E-state index contributed by atoms with van der Waals surface area (Å²) in [5, 5.41) is 5.33. The normalized spacial score (nSPS) is 10.0. The third-order valence-corrected chi connectivity index (χ3v) is 3.65. The molecule has 0 bridgehead atoms. The molecule has 0 radical (unpaired) electrons. The molecule has 0 aliphatic heterocycles. The number of hydrogen-bond donors (Lipinski definition) is 2. The number of methoxy groups -OCH3 is 2. The molecule has 24 heavy (non-hydrogen) atoms. The van der Waals surface area contributed by atoms with E-state index < -0.39 is 0 Å². The predicted molar refractivity (Wildman–Crippen MR) is 92.1 cm³/mol. The molecule has 2 amide bonds. The van der Waals surface area contributed by atoms with Crippen molar-refractivity contribution < 1.29 is 19.1 Å². The molecule has 2 aromatic carbocycles. The average Bonchev–Trinajstić information content (AvgIpc) is 2.61. The molecule has 2 aromatic rings. The van der Waals surface area contributed by atoms with Gasteiger partial charge >= 0.3 is 0 Å². The molecule has 0 aliphatic carbocycles. The van der Waals surface area contributed by atoms with E-state index in [1.54, 1.807) is 57.7 Å². The van der Waals surface area contributed by atoms with Gasteiger partial charge in [0, 0.05) is 29.4 Å². The molecule has 0 aliphatic rings. The number of hydrogen-bond acceptors (Lipinski definition) is 4. The molecule has 0 atom stereocenters. The predicted octanol–water partition coefficient (Wildman–Crippen LogP) is 2.62. The number of nitrogens with one attached hydrogen (secondary N) is 2. The van der Waals surface area contributed by atoms with Crippen molar-refractivity contribution in [1.29, 1.82) is 0 Å². The molecule has 0 spiro atoms. The monoisotopic (exact) mass is 328 g/mol. The Morgan fingerprint density at radius 1 is 0.875 bits per heavy atom. The lowest BCUT2D eigenvalue weighted by Crippen LogP contribution is -2.18. The Labute approximate surface area is 140 Å². The van der Waals surface area contributed by atoms with E-state index in [0.717, 1.165) is 5.56 Å². The number of carbonyl (C=O) groups excluding carboxylic acids is 2. The largest absolute Gasteiger partial charge is 0.496 e. The van der Waals surface area contributed by atoms with Gasteiger partial charge in [-0.15, -0.1) is 0 Å². The molecular formula is C18H20N2O4. The Bertz CT molecular complexity index is 729. The molecule has 126 valence electrons. The molecule has 2 rings (SSSR count). The number of carbonyl (C=O) groups is 2. The second-order valence-corrected chi connectivity index (χ2v) is 5.12. The van der Waals surface area contributed by atoms with Crippen LogP contribution in [0.2, 0.25) is 0 Å². The number of amides is 2. The number of ether oxygens (including phenoxy) is 2. The fourth-order valence-corrected chi connectivity index (χ4v) is 2.27. The molecule has 0 aromatic heterocycles. The maximum absolute atomic E-state index is 12.4. The summed E-state index contributed by atoms with van der Waals surface area (Å²) in [6.07, 6.45) is 0. The maximum atomic E-state index is 12.4. The van der Waals surface area contributed by atoms with Crippen molar-refractivity contribution >= 4 is 17.5 Å². The third kappa shape index (κ3) is 3.65. The van der Waals surface area contributed by atoms with Gasteiger partial charge in [0.05, 0.1) is 14.2 Å². The van der Waals surface area contributed by atoms with Crippen molar-refractivity contribution in [1.82, 2.24) is 5.32 Å². The highest BCUT2D eigenvalue weighted by molar-refractivity contribution is 6.05. The first-order valence-electron chi connectivity index (χ1n) is 7.36. The SMILES string of the molecule is CNC(=O)c1ccc(NC(=O)c2cc(OC)c(C)c(OC)c2)cc1. The number of rotatable bonds is 5. The van der Waals surface area contributed by atoms with Crippen LogP contribution in [-0.4, -0.2) is 33.1 Å². The minimum atomic E-state index is -0.292. The quantitative estimate of drug-likeness (QED) is 0.884. The van der Waals surface area contributed by atoms with Gasteiger partial charge in [0.2, 0.25) is 0 Å². The summed E-state index contributed by atoms with van der Waals surface area (Å²) in [6.45, 7) is 1.86. The van der Waals surface area contributed by atoms with Crippen molar-refractivity contribution in [3.8, 4) is 11.5 Å². The Hall–Kier alpha value is -3.02. The van der Waals surface area contributed by atoms with Gasteiger partial charge in [-0.1, -0.05) is 0 Å². The second-order valence-electron chi connectivity index (χ2n) is 5.12. The van der Waals surface area contributed by atoms with Crippen LogP contribution in [0.4, 0.5) is 5.69 Å². The van der Waals surface area contributed by atoms with Gasteiger partial charge in [-0.25, -0.2) is 0 Å². The van der Waals surface area contributed by atoms with E-state index in [2.05, 4.69) is 10.6 Å². The van der Waals surface area contributed by atoms with Crippen LogP contribution >= 0.6 is 0 Å². The Balaban J connectivity index is 2.22. The fourth-order valence-electron chi connectivity index (χ4n) is 2.27. The van der Waals surface area contributed by atoms with Crippen molar-refractivity contribution in [3.63, 3.8) is 0 Å². The van der Waals surface area contributed by atoms with Gasteiger partial charge in [-0.2, -0.15) is 0 Å². The third-order valence-electron chi connectivity index (χ3n) is 3.65. The zero-order chi connectivity index (χ0) is 17.7. The summed E-state index contributed by atoms with van der Waals surface area (Å²) in [4.78, 5) is 24.0. The van der Waals surface area contributed by atoms with Gasteiger partial charge in [0.1, 0.15) is 11.5 Å². The summed E-state index contributed by atoms with van der Waals surface area (Å²) in [5.74, 6) is 0.684. The molecule has 0 saturated carbocycles. The van der Waals surface area contributed by atoms with Crippen LogP contribution in [0.3, 0.4) is 0 Å². The minimum absolute atomic E-state index is 0.180. The summed E-state index contributed by atoms with van der Waals surface area (Å²) < 4.78 is 10.6. The van der Waals surface area contributed by atoms with E-state index in [1.807, 2.05) is 6.92 Å². The average molecular weight is 328 g/mol. The zero-order valence-electron chi connectivity index (χ0n) is 14.1. The summed E-state index contributed by atoms with van der Waals surface area (Å²) in [7, 11) is 4.65. The van der Waals surface area contributed by atoms with E-state index in [0.29, 0.717) is 28.3 Å². The number of benzene rings is 2. The minimum Gasteiger partial charge on any atom is -0.496 e. The summed E-state index contributed by atoms with van der Waals surface area (Å²) >= 11 is 0. The number of anilines is 1. The van der Waals surface area contributed by atoms with Gasteiger partial charge in [-0.3, -0.25) is 9.59 Å². The lowest BCUT2D eigenvalue weighted by Gasteiger charge is -2.13. The van der Waals surface area contributed by atoms with Crippen molar-refractivity contribution in [2.24, 2.45) is 0 Å². The lowest BCUT2D eigenvalue weighted by molar-refractivity contribution is 0.0962. The first-order chi connectivity index (χ1) is 11.5. The molecule has 6 heteroatoms. The molecule has 0 fully saturated rings. The summed E-state index contributed by atoms with van der Waals surface area (Å²) in [5.41, 5.74) is 2.36. The Morgan fingerprint density at radius 2 is 1.42 bits per heavy atom. The summed E-state index contributed by atoms with van der Waals surface area (Å²) in [6, 6.07) is 9.95. The molecule has 0 saturated heterocycles. The first kappa shape index (κ1) is 17.3. The van der Waals surface area contributed by atoms with Crippen LogP contribution in [0.25, 0.3) is 0 Å². The van der Waals surface area contributed by atoms with E-state index in [1.165, 1.54) is 0 Å². The lowest BCUT2D eigenvalue weighted by atomic mass is 10.1. The van der Waals surface area contributed by atoms with Crippen LogP contribution in [0, 0.1) is 6.92 Å². The van der Waals surface area contributed by atoms with Crippen LogP contribution in [0.15, 0.2) is 36.4 Å². The van der Waals surface area contributed by atoms with Gasteiger partial charge in [0.15, 0.2) is 0 Å². The second kappa shape index (κ2) is 7.50. The smallest absolute Gasteiger partial charge is 0.255 e. The molecule has 2 N–H and O–H groups in total. The molecule has 0 heterocycles. The molecule has 0 unspecified atom stereocenters. The van der Waals surface area contributed by atoms with Gasteiger partial charge in [-0.05, 0) is 43.3 Å². The van der Waals surface area contributed by atoms with E-state index in [-0.39, 0.29) is 11.8 Å². The van der Waals surface area contributed by atoms with Gasteiger partial charge < -0.3 is 20.1 Å². The standard InChI is InChI=1S/C18H20N2O4/c1-11-15(23-3)9-13(10-16(11)24-4)18(22)20-14-7-5-12(6-8-14)17(21)19-2/h5-10H,1-4H3,(H,19,21)(H,20,22). The Morgan fingerprint density at radius 3 is 1.88 bits per heavy atom. The van der Waals surface area contributed by atoms with Crippen molar-refractivity contribution in [2.75, 3.05) is 26.6 Å². The van der Waals surface area contributed by atoms with Crippen LogP contribution < -0.4 is 20.1 Å². The van der Waals surface area contributed by atoms with Crippen LogP contribution in [0.1, 0.15) is 26.3 Å². The topological polar surface area (TPSA) is 76.7 Å². The molecule has 6 nitrogen and oxygen atoms in total. The first-order valence-corrected chi connectivity index (χ1v) is 7.36. The van der Waals surface area contributed by atoms with E-state index >= 15 is 0 Å². The Kier molecular flexibility index (Phi) is 5.42. The zero-order valence-corrected chi connectivity index (χ0v) is 14.1. The maximum Gasteiger partial charge on any atom is 0.255 e.